The standard InChI is InChI=1S/C11H13N5O2/c12-10-9-11(14-4-13-10)16(5-15-9)1-6-7(2-17)8(6)3-18/h1,4-5,7-8,17-18H,2-3H2,(H2,12,13,14)/t7-,8-/m1/s1. The van der Waals surface area contributed by atoms with Gasteiger partial charge in [0.2, 0.25) is 0 Å². The molecule has 0 radical (unpaired) electrons. The second-order valence-electron chi connectivity index (χ2n) is 4.29. The highest BCUT2D eigenvalue weighted by atomic mass is 16.3. The van der Waals surface area contributed by atoms with Crippen LogP contribution < -0.4 is 5.73 Å². The van der Waals surface area contributed by atoms with Crippen LogP contribution in [0.25, 0.3) is 17.4 Å². The van der Waals surface area contributed by atoms with Crippen molar-refractivity contribution < 1.29 is 10.2 Å². The first kappa shape index (κ1) is 11.1. The van der Waals surface area contributed by atoms with Gasteiger partial charge in [0, 0.05) is 18.0 Å². The maximum absolute atomic E-state index is 9.14. The highest BCUT2D eigenvalue weighted by Gasteiger charge is 2.43. The zero-order valence-electron chi connectivity index (χ0n) is 9.56. The highest BCUT2D eigenvalue weighted by molar-refractivity contribution is 5.82. The van der Waals surface area contributed by atoms with Gasteiger partial charge in [-0.1, -0.05) is 0 Å². The number of nitrogens with two attached hydrogens (primary N) is 1. The molecule has 7 nitrogen and oxygen atoms in total. The number of aliphatic hydroxyl groups excluding tert-OH is 2. The number of nitrogen functional groups attached to an aromatic ring is 1. The fourth-order valence-electron chi connectivity index (χ4n) is 2.19. The summed E-state index contributed by atoms with van der Waals surface area (Å²) < 4.78 is 1.74. The molecule has 2 heterocycles. The first-order valence-corrected chi connectivity index (χ1v) is 5.62. The van der Waals surface area contributed by atoms with E-state index >= 15 is 0 Å². The first-order chi connectivity index (χ1) is 8.76. The van der Waals surface area contributed by atoms with Crippen molar-refractivity contribution in [2.75, 3.05) is 18.9 Å². The number of anilines is 1. The molecule has 0 amide bonds. The Bertz CT molecular complexity index is 609. The van der Waals surface area contributed by atoms with Gasteiger partial charge in [0.15, 0.2) is 17.0 Å². The van der Waals surface area contributed by atoms with Gasteiger partial charge in [-0.15, -0.1) is 0 Å². The Balaban J connectivity index is 2.02. The molecule has 2 aromatic rings. The molecule has 1 fully saturated rings. The zero-order valence-corrected chi connectivity index (χ0v) is 9.56. The molecule has 4 N–H and O–H groups in total. The Morgan fingerprint density at radius 1 is 1.22 bits per heavy atom. The van der Waals surface area contributed by atoms with Crippen molar-refractivity contribution in [2.45, 2.75) is 0 Å². The number of hydrogen-bond acceptors (Lipinski definition) is 6. The molecule has 1 aliphatic carbocycles. The Labute approximate surface area is 103 Å². The molecular weight excluding hydrogens is 234 g/mol. The number of hydrogen-bond donors (Lipinski definition) is 3. The van der Waals surface area contributed by atoms with Gasteiger partial charge in [-0.3, -0.25) is 4.57 Å². The van der Waals surface area contributed by atoms with E-state index in [4.69, 9.17) is 15.9 Å². The van der Waals surface area contributed by atoms with Crippen molar-refractivity contribution >= 4 is 23.2 Å². The second-order valence-corrected chi connectivity index (χ2v) is 4.29. The Hall–Kier alpha value is -1.99. The van der Waals surface area contributed by atoms with Gasteiger partial charge in [0.05, 0.1) is 13.2 Å². The van der Waals surface area contributed by atoms with Crippen molar-refractivity contribution in [3.63, 3.8) is 0 Å². The van der Waals surface area contributed by atoms with Gasteiger partial charge >= 0.3 is 0 Å². The summed E-state index contributed by atoms with van der Waals surface area (Å²) in [6, 6.07) is 0. The van der Waals surface area contributed by atoms with Gasteiger partial charge in [-0.05, 0) is 5.57 Å². The molecule has 0 aromatic carbocycles. The van der Waals surface area contributed by atoms with E-state index in [0.717, 1.165) is 5.57 Å². The van der Waals surface area contributed by atoms with Gasteiger partial charge in [0.25, 0.3) is 0 Å². The lowest BCUT2D eigenvalue weighted by atomic mass is 10.3. The predicted octanol–water partition coefficient (Wildman–Crippen LogP) is -0.520. The number of imidazole rings is 1. The molecule has 7 heteroatoms. The van der Waals surface area contributed by atoms with Gasteiger partial charge in [-0.25, -0.2) is 15.0 Å². The SMILES string of the molecule is Nc1ncnc2c1ncn2C=C1[C@@H](CO)[C@@H]1CO. The van der Waals surface area contributed by atoms with E-state index in [2.05, 4.69) is 15.0 Å². The minimum atomic E-state index is 0.0339. The van der Waals surface area contributed by atoms with Crippen LogP contribution >= 0.6 is 0 Å². The lowest BCUT2D eigenvalue weighted by Crippen LogP contribution is -1.94. The third kappa shape index (κ3) is 1.56. The molecule has 0 spiro atoms. The Kier molecular flexibility index (Phi) is 2.49. The monoisotopic (exact) mass is 247 g/mol. The van der Waals surface area contributed by atoms with Crippen LogP contribution in [0.1, 0.15) is 0 Å². The van der Waals surface area contributed by atoms with Crippen molar-refractivity contribution in [2.24, 2.45) is 11.8 Å². The molecule has 3 rings (SSSR count). The van der Waals surface area contributed by atoms with Crippen LogP contribution in [-0.4, -0.2) is 42.9 Å². The topological polar surface area (TPSA) is 110 Å². The Morgan fingerprint density at radius 3 is 2.61 bits per heavy atom. The summed E-state index contributed by atoms with van der Waals surface area (Å²) in [5.74, 6) is 0.406. The average molecular weight is 247 g/mol. The summed E-state index contributed by atoms with van der Waals surface area (Å²) >= 11 is 0. The molecule has 1 aliphatic rings. The molecule has 0 unspecified atom stereocenters. The molecule has 0 saturated heterocycles. The number of rotatable bonds is 3. The summed E-state index contributed by atoms with van der Waals surface area (Å²) in [4.78, 5) is 12.1. The predicted molar refractivity (Wildman–Crippen MR) is 65.2 cm³/mol. The van der Waals surface area contributed by atoms with Crippen molar-refractivity contribution in [3.8, 4) is 0 Å². The molecular formula is C11H13N5O2. The molecule has 18 heavy (non-hydrogen) atoms. The van der Waals surface area contributed by atoms with E-state index in [1.54, 1.807) is 10.9 Å². The van der Waals surface area contributed by atoms with Crippen molar-refractivity contribution in [3.05, 3.63) is 18.2 Å². The minimum absolute atomic E-state index is 0.0339. The molecule has 1 saturated carbocycles. The number of aromatic nitrogens is 4. The van der Waals surface area contributed by atoms with E-state index in [0.29, 0.717) is 17.0 Å². The molecule has 94 valence electrons. The molecule has 0 bridgehead atoms. The van der Waals surface area contributed by atoms with E-state index in [1.165, 1.54) is 6.33 Å². The molecule has 2 atom stereocenters. The van der Waals surface area contributed by atoms with Gasteiger partial charge < -0.3 is 15.9 Å². The number of nitrogens with zero attached hydrogens (tertiary/aromatic N) is 4. The van der Waals surface area contributed by atoms with Crippen LogP contribution in [0.15, 0.2) is 18.2 Å². The summed E-state index contributed by atoms with van der Waals surface area (Å²) in [5.41, 5.74) is 7.86. The van der Waals surface area contributed by atoms with E-state index < -0.39 is 0 Å². The van der Waals surface area contributed by atoms with Gasteiger partial charge in [0.1, 0.15) is 12.7 Å². The largest absolute Gasteiger partial charge is 0.396 e. The van der Waals surface area contributed by atoms with Crippen LogP contribution in [0.4, 0.5) is 5.82 Å². The number of aliphatic hydroxyl groups is 2. The normalized spacial score (nSPS) is 22.4. The van der Waals surface area contributed by atoms with Crippen LogP contribution in [0.2, 0.25) is 0 Å². The summed E-state index contributed by atoms with van der Waals surface area (Å²) in [7, 11) is 0. The van der Waals surface area contributed by atoms with Gasteiger partial charge in [-0.2, -0.15) is 0 Å². The summed E-state index contributed by atoms with van der Waals surface area (Å²) in [5, 5.41) is 18.3. The average Bonchev–Trinajstić information content (AvgIpc) is 2.90. The molecule has 2 aromatic heterocycles. The van der Waals surface area contributed by atoms with E-state index in [1.807, 2.05) is 6.20 Å². The van der Waals surface area contributed by atoms with Crippen LogP contribution in [0.3, 0.4) is 0 Å². The fourth-order valence-corrected chi connectivity index (χ4v) is 2.19. The molecule has 0 aliphatic heterocycles. The lowest BCUT2D eigenvalue weighted by Gasteiger charge is -1.95. The maximum atomic E-state index is 9.14. The van der Waals surface area contributed by atoms with Crippen molar-refractivity contribution in [1.82, 2.24) is 19.5 Å². The first-order valence-electron chi connectivity index (χ1n) is 5.62. The Morgan fingerprint density at radius 2 is 1.94 bits per heavy atom. The van der Waals surface area contributed by atoms with E-state index in [-0.39, 0.29) is 25.0 Å². The summed E-state index contributed by atoms with van der Waals surface area (Å²) in [6.07, 6.45) is 4.82. The minimum Gasteiger partial charge on any atom is -0.396 e. The third-order valence-electron chi connectivity index (χ3n) is 3.30. The van der Waals surface area contributed by atoms with Crippen molar-refractivity contribution in [1.29, 1.82) is 0 Å². The lowest BCUT2D eigenvalue weighted by molar-refractivity contribution is 0.232. The van der Waals surface area contributed by atoms with Crippen LogP contribution in [0.5, 0.6) is 0 Å². The summed E-state index contributed by atoms with van der Waals surface area (Å²) in [6.45, 7) is 0.0849. The highest BCUT2D eigenvalue weighted by Crippen LogP contribution is 2.45. The second kappa shape index (κ2) is 4.04. The third-order valence-corrected chi connectivity index (χ3v) is 3.30. The van der Waals surface area contributed by atoms with Crippen LogP contribution in [-0.2, 0) is 0 Å². The maximum Gasteiger partial charge on any atom is 0.169 e. The smallest absolute Gasteiger partial charge is 0.169 e. The fraction of sp³-hybridized carbons (Fsp3) is 0.364. The quantitative estimate of drug-likeness (QED) is 0.673. The zero-order chi connectivity index (χ0) is 12.7. The van der Waals surface area contributed by atoms with E-state index in [9.17, 15) is 0 Å². The number of fused-ring (bicyclic) bond motifs is 1. The van der Waals surface area contributed by atoms with Crippen LogP contribution in [0, 0.1) is 11.8 Å².